The summed E-state index contributed by atoms with van der Waals surface area (Å²) < 4.78 is 0. The lowest BCUT2D eigenvalue weighted by Gasteiger charge is -2.32. The van der Waals surface area contributed by atoms with Crippen LogP contribution in [0.4, 0.5) is 5.69 Å². The van der Waals surface area contributed by atoms with Crippen molar-refractivity contribution in [2.24, 2.45) is 10.9 Å². The maximum atomic E-state index is 9.33. The van der Waals surface area contributed by atoms with Crippen LogP contribution < -0.4 is 15.5 Å². The molecular weight excluding hydrogens is 384 g/mol. The number of hydrogen-bond donors (Lipinski definition) is 3. The van der Waals surface area contributed by atoms with Gasteiger partial charge in [0.25, 0.3) is 0 Å². The van der Waals surface area contributed by atoms with Crippen LogP contribution in [-0.2, 0) is 6.54 Å². The summed E-state index contributed by atoms with van der Waals surface area (Å²) in [5.41, 5.74) is 3.80. The molecule has 0 aromatic heterocycles. The third-order valence-electron chi connectivity index (χ3n) is 6.38. The summed E-state index contributed by atoms with van der Waals surface area (Å²) >= 11 is 0. The van der Waals surface area contributed by atoms with E-state index in [1.807, 2.05) is 0 Å². The summed E-state index contributed by atoms with van der Waals surface area (Å²) in [7, 11) is 0. The molecule has 0 saturated carbocycles. The molecule has 1 aliphatic heterocycles. The average molecular weight is 423 g/mol. The van der Waals surface area contributed by atoms with E-state index in [2.05, 4.69) is 90.9 Å². The number of anilines is 1. The zero-order valence-corrected chi connectivity index (χ0v) is 19.2. The van der Waals surface area contributed by atoms with Crippen LogP contribution in [0.25, 0.3) is 0 Å². The molecule has 3 rings (SSSR count). The maximum absolute atomic E-state index is 9.33. The molecule has 1 aliphatic rings. The van der Waals surface area contributed by atoms with Gasteiger partial charge in [0.05, 0.1) is 6.54 Å². The van der Waals surface area contributed by atoms with Gasteiger partial charge in [-0.2, -0.15) is 0 Å². The van der Waals surface area contributed by atoms with Crippen molar-refractivity contribution < 1.29 is 5.11 Å². The SMILES string of the molecule is CCNC(=NCc1ccc(N2CCC(CO)CC2)cc1)NC(C)C(C)c1ccccc1. The van der Waals surface area contributed by atoms with Gasteiger partial charge in [-0.05, 0) is 55.9 Å². The quantitative estimate of drug-likeness (QED) is 0.442. The van der Waals surface area contributed by atoms with E-state index in [1.54, 1.807) is 0 Å². The Labute approximate surface area is 187 Å². The number of aliphatic hydroxyl groups excluding tert-OH is 1. The average Bonchev–Trinajstić information content (AvgIpc) is 2.83. The summed E-state index contributed by atoms with van der Waals surface area (Å²) in [6.07, 6.45) is 2.14. The minimum absolute atomic E-state index is 0.268. The second kappa shape index (κ2) is 11.8. The number of nitrogens with one attached hydrogen (secondary N) is 2. The first-order valence-corrected chi connectivity index (χ1v) is 11.6. The zero-order valence-electron chi connectivity index (χ0n) is 19.2. The first kappa shape index (κ1) is 23.1. The number of benzene rings is 2. The van der Waals surface area contributed by atoms with Crippen LogP contribution in [0.2, 0.25) is 0 Å². The van der Waals surface area contributed by atoms with E-state index in [4.69, 9.17) is 4.99 Å². The van der Waals surface area contributed by atoms with Gasteiger partial charge in [0, 0.05) is 43.9 Å². The van der Waals surface area contributed by atoms with E-state index in [1.165, 1.54) is 16.8 Å². The highest BCUT2D eigenvalue weighted by Gasteiger charge is 2.18. The minimum atomic E-state index is 0.268. The van der Waals surface area contributed by atoms with Crippen molar-refractivity contribution in [2.75, 3.05) is 31.1 Å². The molecule has 2 unspecified atom stereocenters. The van der Waals surface area contributed by atoms with E-state index >= 15 is 0 Å². The van der Waals surface area contributed by atoms with Gasteiger partial charge in [-0.25, -0.2) is 4.99 Å². The largest absolute Gasteiger partial charge is 0.396 e. The van der Waals surface area contributed by atoms with Crippen LogP contribution in [0, 0.1) is 5.92 Å². The Kier molecular flexibility index (Phi) is 8.77. The van der Waals surface area contributed by atoms with E-state index in [0.29, 0.717) is 25.0 Å². The van der Waals surface area contributed by atoms with E-state index in [9.17, 15) is 5.11 Å². The molecule has 3 N–H and O–H groups in total. The lowest BCUT2D eigenvalue weighted by molar-refractivity contribution is 0.203. The molecule has 0 amide bonds. The number of rotatable bonds is 8. The van der Waals surface area contributed by atoms with Crippen molar-refractivity contribution in [1.82, 2.24) is 10.6 Å². The predicted octanol–water partition coefficient (Wildman–Crippen LogP) is 4.14. The molecule has 31 heavy (non-hydrogen) atoms. The van der Waals surface area contributed by atoms with Crippen LogP contribution in [0.1, 0.15) is 50.7 Å². The Morgan fingerprint density at radius 3 is 2.35 bits per heavy atom. The Bertz CT molecular complexity index is 798. The molecular formula is C26H38N4O. The molecule has 168 valence electrons. The Balaban J connectivity index is 1.57. The van der Waals surface area contributed by atoms with Gasteiger partial charge in [-0.15, -0.1) is 0 Å². The first-order valence-electron chi connectivity index (χ1n) is 11.6. The third-order valence-corrected chi connectivity index (χ3v) is 6.38. The highest BCUT2D eigenvalue weighted by Crippen LogP contribution is 2.23. The number of hydrogen-bond acceptors (Lipinski definition) is 3. The molecule has 0 aliphatic carbocycles. The maximum Gasteiger partial charge on any atom is 0.191 e. The number of guanidine groups is 1. The van der Waals surface area contributed by atoms with Crippen LogP contribution >= 0.6 is 0 Å². The predicted molar refractivity (Wildman–Crippen MR) is 131 cm³/mol. The number of piperidine rings is 1. The molecule has 0 bridgehead atoms. The topological polar surface area (TPSA) is 59.9 Å². The fourth-order valence-corrected chi connectivity index (χ4v) is 4.06. The third kappa shape index (κ3) is 6.73. The van der Waals surface area contributed by atoms with Gasteiger partial charge in [0.2, 0.25) is 0 Å². The molecule has 5 nitrogen and oxygen atoms in total. The van der Waals surface area contributed by atoms with Crippen molar-refractivity contribution >= 4 is 11.6 Å². The van der Waals surface area contributed by atoms with Crippen LogP contribution in [-0.4, -0.2) is 43.3 Å². The first-order chi connectivity index (χ1) is 15.1. The van der Waals surface area contributed by atoms with E-state index < -0.39 is 0 Å². The molecule has 1 fully saturated rings. The molecule has 1 saturated heterocycles. The van der Waals surface area contributed by atoms with Crippen LogP contribution in [0.3, 0.4) is 0 Å². The van der Waals surface area contributed by atoms with Gasteiger partial charge >= 0.3 is 0 Å². The lowest BCUT2D eigenvalue weighted by atomic mass is 9.94. The molecule has 0 radical (unpaired) electrons. The minimum Gasteiger partial charge on any atom is -0.396 e. The Morgan fingerprint density at radius 1 is 1.06 bits per heavy atom. The second-order valence-electron chi connectivity index (χ2n) is 8.61. The molecule has 0 spiro atoms. The smallest absolute Gasteiger partial charge is 0.191 e. The normalized spacial score (nSPS) is 17.3. The Hall–Kier alpha value is -2.53. The molecule has 1 heterocycles. The molecule has 2 aromatic carbocycles. The van der Waals surface area contributed by atoms with Crippen molar-refractivity contribution in [3.8, 4) is 0 Å². The number of nitrogens with zero attached hydrogens (tertiary/aromatic N) is 2. The number of aliphatic imine (C=N–C) groups is 1. The van der Waals surface area contributed by atoms with Gasteiger partial charge in [-0.3, -0.25) is 0 Å². The lowest BCUT2D eigenvalue weighted by Crippen LogP contribution is -2.44. The fourth-order valence-electron chi connectivity index (χ4n) is 4.06. The van der Waals surface area contributed by atoms with Crippen LogP contribution in [0.5, 0.6) is 0 Å². The van der Waals surface area contributed by atoms with Crippen molar-refractivity contribution in [1.29, 1.82) is 0 Å². The van der Waals surface area contributed by atoms with Gasteiger partial charge in [0.1, 0.15) is 0 Å². The highest BCUT2D eigenvalue weighted by atomic mass is 16.3. The van der Waals surface area contributed by atoms with Crippen LogP contribution in [0.15, 0.2) is 59.6 Å². The monoisotopic (exact) mass is 422 g/mol. The second-order valence-corrected chi connectivity index (χ2v) is 8.61. The molecule has 2 aromatic rings. The van der Waals surface area contributed by atoms with Crippen molar-refractivity contribution in [3.63, 3.8) is 0 Å². The summed E-state index contributed by atoms with van der Waals surface area (Å²) in [6, 6.07) is 19.6. The molecule has 5 heteroatoms. The van der Waals surface area contributed by atoms with Gasteiger partial charge in [0.15, 0.2) is 5.96 Å². The van der Waals surface area contributed by atoms with Crippen molar-refractivity contribution in [2.45, 2.75) is 52.1 Å². The Morgan fingerprint density at radius 2 is 1.74 bits per heavy atom. The van der Waals surface area contributed by atoms with Gasteiger partial charge < -0.3 is 20.6 Å². The van der Waals surface area contributed by atoms with Crippen molar-refractivity contribution in [3.05, 3.63) is 65.7 Å². The van der Waals surface area contributed by atoms with Gasteiger partial charge in [-0.1, -0.05) is 49.4 Å². The summed E-state index contributed by atoms with van der Waals surface area (Å²) in [5, 5.41) is 16.3. The number of aliphatic hydroxyl groups is 1. The standard InChI is InChI=1S/C26H38N4O/c1-4-27-26(29-21(3)20(2)24-8-6-5-7-9-24)28-18-22-10-12-25(13-11-22)30-16-14-23(19-31)15-17-30/h5-13,20-21,23,31H,4,14-19H2,1-3H3,(H2,27,28,29). The molecule has 2 atom stereocenters. The van der Waals surface area contributed by atoms with E-state index in [-0.39, 0.29) is 6.04 Å². The van der Waals surface area contributed by atoms with E-state index in [0.717, 1.165) is 38.4 Å². The highest BCUT2D eigenvalue weighted by molar-refractivity contribution is 5.80. The summed E-state index contributed by atoms with van der Waals surface area (Å²) in [6.45, 7) is 10.4. The summed E-state index contributed by atoms with van der Waals surface area (Å²) in [4.78, 5) is 7.23. The summed E-state index contributed by atoms with van der Waals surface area (Å²) in [5.74, 6) is 1.71. The zero-order chi connectivity index (χ0) is 22.1. The fraction of sp³-hybridized carbons (Fsp3) is 0.500.